The summed E-state index contributed by atoms with van der Waals surface area (Å²) in [5.74, 6) is -0.963. The third-order valence-corrected chi connectivity index (χ3v) is 5.33. The van der Waals surface area contributed by atoms with Gasteiger partial charge in [-0.2, -0.15) is 0 Å². The molecule has 0 aromatic heterocycles. The van der Waals surface area contributed by atoms with Gasteiger partial charge in [-0.15, -0.1) is 12.4 Å². The molecular weight excluding hydrogens is 384 g/mol. The Labute approximate surface area is 157 Å². The number of amides is 2. The number of halogens is 1. The number of nitrogens with zero attached hydrogens (tertiary/aromatic N) is 2. The lowest BCUT2D eigenvalue weighted by atomic mass is 10.2. The molecule has 1 unspecified atom stereocenters. The second kappa shape index (κ2) is 8.37. The second-order valence-corrected chi connectivity index (χ2v) is 7.91. The first-order valence-corrected chi connectivity index (χ1v) is 9.38. The summed E-state index contributed by atoms with van der Waals surface area (Å²) in [6.07, 6.45) is 0.938. The Kier molecular flexibility index (Phi) is 6.99. The minimum atomic E-state index is -3.71. The van der Waals surface area contributed by atoms with Crippen molar-refractivity contribution in [1.82, 2.24) is 4.90 Å². The van der Waals surface area contributed by atoms with E-state index in [1.165, 1.54) is 9.80 Å². The Balaban J connectivity index is 0.00000338. The molecule has 0 aliphatic carbocycles. The normalized spacial score (nSPS) is 15.4. The van der Waals surface area contributed by atoms with Crippen LogP contribution in [-0.4, -0.2) is 69.4 Å². The number of methoxy groups -OCH3 is 1. The fourth-order valence-electron chi connectivity index (χ4n) is 2.53. The molecule has 1 fully saturated rings. The molecule has 1 saturated heterocycles. The van der Waals surface area contributed by atoms with Gasteiger partial charge >= 0.3 is 12.0 Å². The maximum Gasteiger partial charge on any atom is 0.325 e. The number of nitrogen functional groups attached to an aromatic ring is 1. The topological polar surface area (TPSA) is 134 Å². The van der Waals surface area contributed by atoms with E-state index in [-0.39, 0.29) is 31.3 Å². The maximum absolute atomic E-state index is 12.5. The van der Waals surface area contributed by atoms with Gasteiger partial charge in [0.05, 0.1) is 13.7 Å². The number of benzene rings is 1. The van der Waals surface area contributed by atoms with Crippen LogP contribution in [0, 0.1) is 5.41 Å². The van der Waals surface area contributed by atoms with Crippen molar-refractivity contribution < 1.29 is 22.7 Å². The summed E-state index contributed by atoms with van der Waals surface area (Å²) in [7, 11) is -2.60. The molecular formula is C15H21ClN4O5S. The van der Waals surface area contributed by atoms with Gasteiger partial charge in [0.15, 0.2) is 15.1 Å². The number of hydrogen-bond acceptors (Lipinski definition) is 6. The van der Waals surface area contributed by atoms with Crippen molar-refractivity contribution in [1.29, 1.82) is 5.41 Å². The van der Waals surface area contributed by atoms with Crippen LogP contribution in [0.3, 0.4) is 0 Å². The van der Waals surface area contributed by atoms with Crippen LogP contribution >= 0.6 is 12.4 Å². The van der Waals surface area contributed by atoms with E-state index in [1.807, 2.05) is 0 Å². The molecule has 0 radical (unpaired) electrons. The number of nitrogens with one attached hydrogen (secondary N) is 1. The molecule has 1 aliphatic heterocycles. The first kappa shape index (κ1) is 21.7. The van der Waals surface area contributed by atoms with Gasteiger partial charge in [-0.1, -0.05) is 0 Å². The number of ether oxygens (including phenoxy) is 1. The van der Waals surface area contributed by atoms with Gasteiger partial charge in [0.2, 0.25) is 0 Å². The minimum absolute atomic E-state index is 0. The van der Waals surface area contributed by atoms with Gasteiger partial charge in [-0.05, 0) is 24.3 Å². The van der Waals surface area contributed by atoms with Crippen molar-refractivity contribution >= 4 is 45.8 Å². The summed E-state index contributed by atoms with van der Waals surface area (Å²) >= 11 is 0. The molecule has 0 saturated carbocycles. The monoisotopic (exact) mass is 404 g/mol. The lowest BCUT2D eigenvalue weighted by Gasteiger charge is -2.22. The van der Waals surface area contributed by atoms with Gasteiger partial charge < -0.3 is 15.4 Å². The smallest absolute Gasteiger partial charge is 0.325 e. The molecule has 1 heterocycles. The molecule has 0 spiro atoms. The summed E-state index contributed by atoms with van der Waals surface area (Å²) < 4.78 is 28.1. The van der Waals surface area contributed by atoms with Gasteiger partial charge in [0.1, 0.15) is 5.84 Å². The molecule has 9 nitrogen and oxygen atoms in total. The van der Waals surface area contributed by atoms with Gasteiger partial charge in [-0.25, -0.2) is 13.2 Å². The van der Waals surface area contributed by atoms with Crippen molar-refractivity contribution in [2.45, 2.75) is 5.25 Å². The fourth-order valence-corrected chi connectivity index (χ4v) is 3.43. The molecule has 11 heteroatoms. The van der Waals surface area contributed by atoms with Crippen molar-refractivity contribution in [3.63, 3.8) is 0 Å². The summed E-state index contributed by atoms with van der Waals surface area (Å²) in [6, 6.07) is 6.18. The number of hydrogen-bond donors (Lipinski definition) is 2. The highest BCUT2D eigenvalue weighted by Crippen LogP contribution is 2.21. The Hall–Kier alpha value is -2.33. The molecule has 0 bridgehead atoms. The standard InChI is InChI=1S/C15H20N4O5S.ClH/c1-24-14(20)12(25(2,22)23)9-18-7-8-19(15(18)21)11-5-3-10(4-6-11)13(16)17;/h3-6,12H,7-9H2,1-2H3,(H3,16,17);1H. The third-order valence-electron chi connectivity index (χ3n) is 3.95. The first-order chi connectivity index (χ1) is 11.6. The predicted molar refractivity (Wildman–Crippen MR) is 99.7 cm³/mol. The minimum Gasteiger partial charge on any atom is -0.468 e. The van der Waals surface area contributed by atoms with Crippen LogP contribution < -0.4 is 10.6 Å². The van der Waals surface area contributed by atoms with E-state index in [0.717, 1.165) is 13.4 Å². The number of esters is 1. The molecule has 1 aliphatic rings. The summed E-state index contributed by atoms with van der Waals surface area (Å²) in [5.41, 5.74) is 6.54. The highest BCUT2D eigenvalue weighted by Gasteiger charge is 2.37. The van der Waals surface area contributed by atoms with Crippen molar-refractivity contribution in [3.8, 4) is 0 Å². The fraction of sp³-hybridized carbons (Fsp3) is 0.400. The highest BCUT2D eigenvalue weighted by molar-refractivity contribution is 7.92. The molecule has 3 N–H and O–H groups in total. The summed E-state index contributed by atoms with van der Waals surface area (Å²) in [6.45, 7) is 0.387. The quantitative estimate of drug-likeness (QED) is 0.395. The zero-order valence-electron chi connectivity index (χ0n) is 14.3. The van der Waals surface area contributed by atoms with E-state index in [9.17, 15) is 18.0 Å². The Morgan fingerprint density at radius 2 is 1.88 bits per heavy atom. The number of nitrogens with two attached hydrogens (primary N) is 1. The zero-order chi connectivity index (χ0) is 18.8. The van der Waals surface area contributed by atoms with E-state index in [4.69, 9.17) is 11.1 Å². The van der Waals surface area contributed by atoms with Crippen molar-refractivity contribution in [2.24, 2.45) is 5.73 Å². The lowest BCUT2D eigenvalue weighted by Crippen LogP contribution is -2.44. The van der Waals surface area contributed by atoms with Crippen LogP contribution in [0.2, 0.25) is 0 Å². The van der Waals surface area contributed by atoms with E-state index in [2.05, 4.69) is 4.74 Å². The predicted octanol–water partition coefficient (Wildman–Crippen LogP) is 0.221. The van der Waals surface area contributed by atoms with Gasteiger partial charge in [0, 0.05) is 30.6 Å². The lowest BCUT2D eigenvalue weighted by molar-refractivity contribution is -0.140. The number of sulfone groups is 1. The summed E-state index contributed by atoms with van der Waals surface area (Å²) in [5, 5.41) is 5.95. The first-order valence-electron chi connectivity index (χ1n) is 7.42. The van der Waals surface area contributed by atoms with Gasteiger partial charge in [0.25, 0.3) is 0 Å². The number of urea groups is 1. The van der Waals surface area contributed by atoms with E-state index in [1.54, 1.807) is 24.3 Å². The van der Waals surface area contributed by atoms with Crippen LogP contribution in [-0.2, 0) is 19.4 Å². The number of anilines is 1. The van der Waals surface area contributed by atoms with Crippen molar-refractivity contribution in [3.05, 3.63) is 29.8 Å². The largest absolute Gasteiger partial charge is 0.468 e. The number of carbonyl (C=O) groups is 2. The SMILES string of the molecule is COC(=O)C(CN1CCN(c2ccc(C(=N)N)cc2)C1=O)S(C)(=O)=O.Cl. The third kappa shape index (κ3) is 4.64. The van der Waals surface area contributed by atoms with Crippen LogP contribution in [0.5, 0.6) is 0 Å². The Morgan fingerprint density at radius 1 is 1.31 bits per heavy atom. The Bertz CT molecular complexity index is 797. The maximum atomic E-state index is 12.5. The van der Waals surface area contributed by atoms with E-state index in [0.29, 0.717) is 17.8 Å². The van der Waals surface area contributed by atoms with Crippen LogP contribution in [0.1, 0.15) is 5.56 Å². The molecule has 26 heavy (non-hydrogen) atoms. The average Bonchev–Trinajstić information content (AvgIpc) is 2.91. The van der Waals surface area contributed by atoms with Crippen LogP contribution in [0.25, 0.3) is 0 Å². The van der Waals surface area contributed by atoms with Crippen molar-refractivity contribution in [2.75, 3.05) is 37.9 Å². The zero-order valence-corrected chi connectivity index (χ0v) is 16.0. The molecule has 1 aromatic carbocycles. The highest BCUT2D eigenvalue weighted by atomic mass is 35.5. The molecule has 2 rings (SSSR count). The average molecular weight is 405 g/mol. The van der Waals surface area contributed by atoms with E-state index < -0.39 is 27.1 Å². The molecule has 144 valence electrons. The van der Waals surface area contributed by atoms with Crippen LogP contribution in [0.15, 0.2) is 24.3 Å². The number of amidine groups is 1. The number of rotatable bonds is 6. The molecule has 1 aromatic rings. The van der Waals surface area contributed by atoms with Gasteiger partial charge in [-0.3, -0.25) is 15.1 Å². The molecule has 2 amide bonds. The molecule has 1 atom stereocenters. The Morgan fingerprint density at radius 3 is 2.35 bits per heavy atom. The second-order valence-electron chi connectivity index (χ2n) is 5.68. The van der Waals surface area contributed by atoms with Crippen LogP contribution in [0.4, 0.5) is 10.5 Å². The van der Waals surface area contributed by atoms with E-state index >= 15 is 0 Å². The number of carbonyl (C=O) groups excluding carboxylic acids is 2. The summed E-state index contributed by atoms with van der Waals surface area (Å²) in [4.78, 5) is 27.0.